The second kappa shape index (κ2) is 15.5. The lowest BCUT2D eigenvalue weighted by atomic mass is 10.2. The van der Waals surface area contributed by atoms with Crippen molar-refractivity contribution in [3.05, 3.63) is 116 Å². The molecule has 12 nitrogen and oxygen atoms in total. The van der Waals surface area contributed by atoms with E-state index in [1.807, 2.05) is 68.4 Å². The Morgan fingerprint density at radius 2 is 0.981 bits per heavy atom. The quantitative estimate of drug-likeness (QED) is 0.117. The molecule has 0 aliphatic carbocycles. The molecule has 2 aliphatic rings. The lowest BCUT2D eigenvalue weighted by Gasteiger charge is -2.12. The maximum atomic E-state index is 6.24. The number of hydrogen-bond donors (Lipinski definition) is 4. The molecule has 0 saturated heterocycles. The molecule has 16 heteroatoms. The second-order valence-corrected chi connectivity index (χ2v) is 12.9. The number of rotatable bonds is 8. The third-order valence-electron chi connectivity index (χ3n) is 7.61. The van der Waals surface area contributed by atoms with Crippen LogP contribution in [0.5, 0.6) is 23.0 Å². The van der Waals surface area contributed by atoms with Gasteiger partial charge in [0.25, 0.3) is 0 Å². The van der Waals surface area contributed by atoms with Crippen molar-refractivity contribution in [1.29, 1.82) is 0 Å². The van der Waals surface area contributed by atoms with Crippen molar-refractivity contribution >= 4 is 92.7 Å². The van der Waals surface area contributed by atoms with Gasteiger partial charge in [0.15, 0.2) is 23.0 Å². The molecular formula is C36H28Cl4N8O4. The Bertz CT molecular complexity index is 2280. The number of fused-ring (bicyclic) bond motifs is 2. The van der Waals surface area contributed by atoms with Crippen molar-refractivity contribution in [3.63, 3.8) is 0 Å². The van der Waals surface area contributed by atoms with Gasteiger partial charge >= 0.3 is 0 Å². The molecule has 0 amide bonds. The first-order valence-electron chi connectivity index (χ1n) is 15.6. The lowest BCUT2D eigenvalue weighted by molar-refractivity contribution is 0.173. The van der Waals surface area contributed by atoms with Crippen molar-refractivity contribution < 1.29 is 18.9 Å². The van der Waals surface area contributed by atoms with Crippen LogP contribution in [0.1, 0.15) is 11.1 Å². The fourth-order valence-electron chi connectivity index (χ4n) is 4.92. The van der Waals surface area contributed by atoms with E-state index in [1.165, 1.54) is 0 Å². The summed E-state index contributed by atoms with van der Waals surface area (Å²) in [4.78, 5) is 17.7. The van der Waals surface area contributed by atoms with E-state index in [4.69, 9.17) is 65.4 Å². The summed E-state index contributed by atoms with van der Waals surface area (Å²) in [5.41, 5.74) is 4.71. The summed E-state index contributed by atoms with van der Waals surface area (Å²) < 4.78 is 21.4. The zero-order valence-electron chi connectivity index (χ0n) is 27.4. The minimum Gasteiger partial charge on any atom is -0.454 e. The van der Waals surface area contributed by atoms with Gasteiger partial charge in [-0.05, 0) is 62.4 Å². The number of aryl methyl sites for hydroxylation is 2. The molecule has 6 aromatic rings. The van der Waals surface area contributed by atoms with E-state index >= 15 is 0 Å². The van der Waals surface area contributed by atoms with Crippen LogP contribution in [0.4, 0.5) is 46.3 Å². The first kappa shape index (κ1) is 35.0. The molecule has 52 heavy (non-hydrogen) atoms. The maximum absolute atomic E-state index is 6.24. The number of ether oxygens (including phenoxy) is 4. The summed E-state index contributed by atoms with van der Waals surface area (Å²) in [7, 11) is 0. The van der Waals surface area contributed by atoms with Gasteiger partial charge < -0.3 is 40.2 Å². The van der Waals surface area contributed by atoms with Gasteiger partial charge in [-0.25, -0.2) is 9.97 Å². The Balaban J connectivity index is 0.000000162. The lowest BCUT2D eigenvalue weighted by Crippen LogP contribution is -2.03. The van der Waals surface area contributed by atoms with Gasteiger partial charge in [-0.3, -0.25) is 0 Å². The summed E-state index contributed by atoms with van der Waals surface area (Å²) in [5.74, 6) is 4.98. The molecule has 0 bridgehead atoms. The molecule has 264 valence electrons. The van der Waals surface area contributed by atoms with Crippen molar-refractivity contribution in [2.75, 3.05) is 34.9 Å². The van der Waals surface area contributed by atoms with E-state index in [1.54, 1.807) is 30.6 Å². The highest BCUT2D eigenvalue weighted by Gasteiger charge is 2.16. The molecule has 4 heterocycles. The van der Waals surface area contributed by atoms with Gasteiger partial charge in [-0.1, -0.05) is 58.5 Å². The Morgan fingerprint density at radius 1 is 0.519 bits per heavy atom. The highest BCUT2D eigenvalue weighted by molar-refractivity contribution is 6.44. The molecule has 2 aliphatic heterocycles. The number of nitrogens with one attached hydrogen (secondary N) is 4. The Labute approximate surface area is 318 Å². The molecule has 0 radical (unpaired) electrons. The predicted molar refractivity (Wildman–Crippen MR) is 205 cm³/mol. The third kappa shape index (κ3) is 8.05. The van der Waals surface area contributed by atoms with E-state index in [2.05, 4.69) is 41.2 Å². The summed E-state index contributed by atoms with van der Waals surface area (Å²) in [6.45, 7) is 4.30. The van der Waals surface area contributed by atoms with Crippen LogP contribution in [0.25, 0.3) is 0 Å². The first-order valence-corrected chi connectivity index (χ1v) is 17.1. The summed E-state index contributed by atoms with van der Waals surface area (Å²) in [6, 6.07) is 21.9. The molecule has 8 rings (SSSR count). The van der Waals surface area contributed by atoms with E-state index in [-0.39, 0.29) is 13.6 Å². The monoisotopic (exact) mass is 776 g/mol. The van der Waals surface area contributed by atoms with Crippen LogP contribution < -0.4 is 40.2 Å². The van der Waals surface area contributed by atoms with Crippen molar-refractivity contribution in [2.45, 2.75) is 13.8 Å². The number of benzene rings is 4. The number of hydrogen-bond acceptors (Lipinski definition) is 12. The van der Waals surface area contributed by atoms with Crippen LogP contribution in [-0.2, 0) is 0 Å². The van der Waals surface area contributed by atoms with Crippen LogP contribution in [0.15, 0.2) is 85.2 Å². The topological polar surface area (TPSA) is 137 Å². The number of anilines is 8. The van der Waals surface area contributed by atoms with Gasteiger partial charge in [0.1, 0.15) is 11.6 Å². The normalized spacial score (nSPS) is 12.1. The zero-order chi connectivity index (χ0) is 36.2. The van der Waals surface area contributed by atoms with Crippen LogP contribution in [0, 0.1) is 13.8 Å². The molecule has 0 unspecified atom stereocenters. The van der Waals surface area contributed by atoms with E-state index < -0.39 is 0 Å². The largest absolute Gasteiger partial charge is 0.454 e. The number of aromatic nitrogens is 4. The highest BCUT2D eigenvalue weighted by atomic mass is 35.5. The summed E-state index contributed by atoms with van der Waals surface area (Å²) in [5, 5.41) is 14.5. The van der Waals surface area contributed by atoms with E-state index in [0.717, 1.165) is 34.0 Å². The second-order valence-electron chi connectivity index (χ2n) is 11.3. The summed E-state index contributed by atoms with van der Waals surface area (Å²) in [6.07, 6.45) is 3.45. The molecular weight excluding hydrogens is 750 g/mol. The van der Waals surface area contributed by atoms with Gasteiger partial charge in [0.2, 0.25) is 25.5 Å². The Hall–Kier alpha value is -5.40. The van der Waals surface area contributed by atoms with Gasteiger partial charge in [-0.2, -0.15) is 9.97 Å². The minimum atomic E-state index is 0.230. The first-order chi connectivity index (χ1) is 25.2. The number of halogens is 4. The molecule has 0 fully saturated rings. The standard InChI is InChI=1S/2C18H14Cl2N4O2/c1-10-8-21-18(22-11-5-6-14-15(7-11)26-9-25-14)24-17(10)23-13-4-2-3-12(19)16(13)20;1-10-8-21-18(23-13-4-2-3-12(19)16(13)20)24-17(10)22-11-5-6-14-15(7-11)26-9-25-14/h2*2-8H,9H2,1H3,(H2,21,22,23,24). The van der Waals surface area contributed by atoms with Crippen molar-refractivity contribution in [3.8, 4) is 23.0 Å². The Kier molecular flexibility index (Phi) is 10.4. The molecule has 2 aromatic heterocycles. The number of nitrogens with zero attached hydrogens (tertiary/aromatic N) is 4. The van der Waals surface area contributed by atoms with Crippen LogP contribution in [-0.4, -0.2) is 33.5 Å². The average molecular weight is 778 g/mol. The van der Waals surface area contributed by atoms with E-state index in [0.29, 0.717) is 66.5 Å². The van der Waals surface area contributed by atoms with Gasteiger partial charge in [0.05, 0.1) is 31.5 Å². The SMILES string of the molecule is Cc1cnc(Nc2ccc3c(c2)OCO3)nc1Nc1cccc(Cl)c1Cl.Cc1cnc(Nc2cccc(Cl)c2Cl)nc1Nc1ccc2c(c1)OCO2. The zero-order valence-corrected chi connectivity index (χ0v) is 30.5. The van der Waals surface area contributed by atoms with Crippen molar-refractivity contribution in [2.24, 2.45) is 0 Å². The average Bonchev–Trinajstić information content (AvgIpc) is 3.81. The van der Waals surface area contributed by atoms with Crippen LogP contribution in [0.3, 0.4) is 0 Å². The molecule has 4 aromatic carbocycles. The Morgan fingerprint density at radius 3 is 1.54 bits per heavy atom. The maximum Gasteiger partial charge on any atom is 0.231 e. The van der Waals surface area contributed by atoms with E-state index in [9.17, 15) is 0 Å². The third-order valence-corrected chi connectivity index (χ3v) is 9.25. The molecule has 0 spiro atoms. The fraction of sp³-hybridized carbons (Fsp3) is 0.111. The van der Waals surface area contributed by atoms with Crippen LogP contribution >= 0.6 is 46.4 Å². The smallest absolute Gasteiger partial charge is 0.231 e. The molecule has 0 saturated carbocycles. The van der Waals surface area contributed by atoms with Gasteiger partial charge in [-0.15, -0.1) is 0 Å². The van der Waals surface area contributed by atoms with Crippen molar-refractivity contribution in [1.82, 2.24) is 19.9 Å². The minimum absolute atomic E-state index is 0.230. The summed E-state index contributed by atoms with van der Waals surface area (Å²) >= 11 is 24.6. The fourth-order valence-corrected chi connectivity index (χ4v) is 5.62. The molecule has 4 N–H and O–H groups in total. The highest BCUT2D eigenvalue weighted by Crippen LogP contribution is 2.37. The van der Waals surface area contributed by atoms with Crippen LogP contribution in [0.2, 0.25) is 20.1 Å². The molecule has 0 atom stereocenters. The van der Waals surface area contributed by atoms with Gasteiger partial charge in [0, 0.05) is 47.0 Å². The predicted octanol–water partition coefficient (Wildman–Crippen LogP) is 10.6.